The van der Waals surface area contributed by atoms with E-state index in [1.807, 2.05) is 12.3 Å². The van der Waals surface area contributed by atoms with Crippen molar-refractivity contribution in [3.8, 4) is 0 Å². The van der Waals surface area contributed by atoms with Gasteiger partial charge in [0.2, 0.25) is 0 Å². The molecule has 1 aliphatic rings. The van der Waals surface area contributed by atoms with Gasteiger partial charge in [-0.2, -0.15) is 0 Å². The van der Waals surface area contributed by atoms with Crippen molar-refractivity contribution in [2.45, 2.75) is 31.8 Å². The van der Waals surface area contributed by atoms with Crippen LogP contribution >= 0.6 is 11.6 Å². The summed E-state index contributed by atoms with van der Waals surface area (Å²) in [6, 6.07) is 11.2. The highest BCUT2D eigenvalue weighted by atomic mass is 35.5. The molecule has 1 unspecified atom stereocenters. The van der Waals surface area contributed by atoms with E-state index in [1.165, 1.54) is 36.8 Å². The summed E-state index contributed by atoms with van der Waals surface area (Å²) in [6.45, 7) is 2.17. The van der Waals surface area contributed by atoms with Gasteiger partial charge in [0.05, 0.1) is 5.52 Å². The maximum absolute atomic E-state index is 6.08. The molecule has 3 heteroatoms. The van der Waals surface area contributed by atoms with Crippen LogP contribution in [0, 0.1) is 0 Å². The molecular formula is C16H19ClN2. The van der Waals surface area contributed by atoms with Crippen molar-refractivity contribution in [1.29, 1.82) is 0 Å². The minimum Gasteiger partial charge on any atom is -0.295 e. The van der Waals surface area contributed by atoms with E-state index in [0.29, 0.717) is 6.04 Å². The van der Waals surface area contributed by atoms with Crippen molar-refractivity contribution in [2.24, 2.45) is 0 Å². The molecule has 0 saturated carbocycles. The number of halogens is 1. The number of pyridine rings is 1. The zero-order valence-electron chi connectivity index (χ0n) is 11.1. The molecule has 0 aliphatic carbocycles. The molecule has 0 bridgehead atoms. The summed E-state index contributed by atoms with van der Waals surface area (Å²) < 4.78 is 0. The molecule has 2 nitrogen and oxygen atoms in total. The van der Waals surface area contributed by atoms with Crippen molar-refractivity contribution in [1.82, 2.24) is 9.88 Å². The molecule has 19 heavy (non-hydrogen) atoms. The summed E-state index contributed by atoms with van der Waals surface area (Å²) in [4.78, 5) is 6.89. The first-order valence-corrected chi connectivity index (χ1v) is 7.54. The molecule has 1 aromatic carbocycles. The Kier molecular flexibility index (Phi) is 4.00. The van der Waals surface area contributed by atoms with Crippen LogP contribution in [0.25, 0.3) is 10.9 Å². The Labute approximate surface area is 119 Å². The minimum atomic E-state index is 0.542. The maximum atomic E-state index is 6.08. The number of hydrogen-bond donors (Lipinski definition) is 0. The molecule has 3 rings (SSSR count). The first kappa shape index (κ1) is 12.9. The van der Waals surface area contributed by atoms with Crippen molar-refractivity contribution >= 4 is 22.5 Å². The number of benzene rings is 1. The van der Waals surface area contributed by atoms with Gasteiger partial charge in [-0.15, -0.1) is 11.6 Å². The molecule has 0 amide bonds. The zero-order chi connectivity index (χ0) is 13.1. The van der Waals surface area contributed by atoms with E-state index in [-0.39, 0.29) is 0 Å². The highest BCUT2D eigenvalue weighted by Gasteiger charge is 2.21. The lowest BCUT2D eigenvalue weighted by Gasteiger charge is -2.34. The first-order valence-electron chi connectivity index (χ1n) is 7.00. The van der Waals surface area contributed by atoms with Gasteiger partial charge < -0.3 is 0 Å². The van der Waals surface area contributed by atoms with Crippen molar-refractivity contribution in [2.75, 3.05) is 12.4 Å². The Morgan fingerprint density at radius 3 is 3.11 bits per heavy atom. The number of piperidine rings is 1. The fourth-order valence-electron chi connectivity index (χ4n) is 2.90. The van der Waals surface area contributed by atoms with Gasteiger partial charge in [-0.1, -0.05) is 18.6 Å². The Hall–Kier alpha value is -1.12. The second kappa shape index (κ2) is 5.89. The van der Waals surface area contributed by atoms with E-state index < -0.39 is 0 Å². The van der Waals surface area contributed by atoms with Crippen molar-refractivity contribution in [3.05, 3.63) is 42.1 Å². The Morgan fingerprint density at radius 2 is 2.21 bits per heavy atom. The second-order valence-corrected chi connectivity index (χ2v) is 5.61. The molecule has 0 spiro atoms. The van der Waals surface area contributed by atoms with Gasteiger partial charge in [0.15, 0.2) is 0 Å². The average Bonchev–Trinajstić information content (AvgIpc) is 2.48. The lowest BCUT2D eigenvalue weighted by molar-refractivity contribution is 0.155. The minimum absolute atomic E-state index is 0.542. The monoisotopic (exact) mass is 274 g/mol. The molecular weight excluding hydrogens is 256 g/mol. The van der Waals surface area contributed by atoms with Crippen LogP contribution < -0.4 is 0 Å². The summed E-state index contributed by atoms with van der Waals surface area (Å²) in [6.07, 6.45) is 5.69. The highest BCUT2D eigenvalue weighted by molar-refractivity contribution is 6.18. The van der Waals surface area contributed by atoms with Crippen LogP contribution in [0.4, 0.5) is 0 Å². The zero-order valence-corrected chi connectivity index (χ0v) is 11.8. The van der Waals surface area contributed by atoms with Gasteiger partial charge in [0.1, 0.15) is 0 Å². The summed E-state index contributed by atoms with van der Waals surface area (Å²) in [5, 5.41) is 1.22. The average molecular weight is 275 g/mol. The Balaban J connectivity index is 1.80. The summed E-state index contributed by atoms with van der Waals surface area (Å²) in [5.41, 5.74) is 2.43. The number of rotatable bonds is 3. The normalized spacial score (nSPS) is 20.8. The van der Waals surface area contributed by atoms with Crippen LogP contribution in [-0.2, 0) is 6.54 Å². The largest absolute Gasteiger partial charge is 0.295 e. The third-order valence-electron chi connectivity index (χ3n) is 3.98. The highest BCUT2D eigenvalue weighted by Crippen LogP contribution is 2.22. The predicted octanol–water partition coefficient (Wildman–Crippen LogP) is 3.83. The maximum Gasteiger partial charge on any atom is 0.0702 e. The van der Waals surface area contributed by atoms with Crippen LogP contribution in [0.5, 0.6) is 0 Å². The lowest BCUT2D eigenvalue weighted by Crippen LogP contribution is -2.40. The number of fused-ring (bicyclic) bond motifs is 1. The van der Waals surface area contributed by atoms with Crippen LogP contribution in [0.2, 0.25) is 0 Å². The Bertz CT molecular complexity index is 555. The summed E-state index contributed by atoms with van der Waals surface area (Å²) in [5.74, 6) is 0.745. The van der Waals surface area contributed by atoms with Crippen LogP contribution in [0.1, 0.15) is 24.8 Å². The smallest absolute Gasteiger partial charge is 0.0702 e. The third kappa shape index (κ3) is 2.90. The summed E-state index contributed by atoms with van der Waals surface area (Å²) >= 11 is 6.08. The van der Waals surface area contributed by atoms with Gasteiger partial charge in [-0.3, -0.25) is 9.88 Å². The van der Waals surface area contributed by atoms with Crippen molar-refractivity contribution < 1.29 is 0 Å². The molecule has 1 saturated heterocycles. The lowest BCUT2D eigenvalue weighted by atomic mass is 10.0. The number of nitrogens with zero attached hydrogens (tertiary/aromatic N) is 2. The van der Waals surface area contributed by atoms with Gasteiger partial charge in [0, 0.05) is 30.0 Å². The van der Waals surface area contributed by atoms with Crippen LogP contribution in [-0.4, -0.2) is 28.4 Å². The van der Waals surface area contributed by atoms with Gasteiger partial charge >= 0.3 is 0 Å². The van der Waals surface area contributed by atoms with Crippen LogP contribution in [0.3, 0.4) is 0 Å². The van der Waals surface area contributed by atoms with Crippen LogP contribution in [0.15, 0.2) is 36.5 Å². The fraction of sp³-hybridized carbons (Fsp3) is 0.438. The molecule has 0 N–H and O–H groups in total. The van der Waals surface area contributed by atoms with E-state index >= 15 is 0 Å². The van der Waals surface area contributed by atoms with Crippen molar-refractivity contribution in [3.63, 3.8) is 0 Å². The van der Waals surface area contributed by atoms with Gasteiger partial charge in [-0.05, 0) is 43.1 Å². The molecule has 1 fully saturated rings. The molecule has 0 radical (unpaired) electrons. The Morgan fingerprint density at radius 1 is 1.26 bits per heavy atom. The standard InChI is InChI=1S/C16H19ClN2/c17-11-15-5-1-2-9-19(15)12-13-6-7-16-14(10-13)4-3-8-18-16/h3-4,6-8,10,15H,1-2,5,9,11-12H2. The molecule has 1 aromatic heterocycles. The molecule has 2 heterocycles. The topological polar surface area (TPSA) is 16.1 Å². The van der Waals surface area contributed by atoms with Gasteiger partial charge in [0.25, 0.3) is 0 Å². The quantitative estimate of drug-likeness (QED) is 0.791. The molecule has 2 aromatic rings. The number of aromatic nitrogens is 1. The first-order chi connectivity index (χ1) is 9.36. The van der Waals surface area contributed by atoms with Gasteiger partial charge in [-0.25, -0.2) is 0 Å². The number of hydrogen-bond acceptors (Lipinski definition) is 2. The van der Waals surface area contributed by atoms with E-state index in [0.717, 1.165) is 17.9 Å². The molecule has 100 valence electrons. The van der Waals surface area contributed by atoms with E-state index in [1.54, 1.807) is 0 Å². The third-order valence-corrected chi connectivity index (χ3v) is 4.34. The SMILES string of the molecule is ClCC1CCCCN1Cc1ccc2ncccc2c1. The van der Waals surface area contributed by atoms with E-state index in [2.05, 4.69) is 34.1 Å². The number of alkyl halides is 1. The molecule has 1 atom stereocenters. The van der Waals surface area contributed by atoms with E-state index in [9.17, 15) is 0 Å². The second-order valence-electron chi connectivity index (χ2n) is 5.30. The fourth-order valence-corrected chi connectivity index (χ4v) is 3.25. The van der Waals surface area contributed by atoms with E-state index in [4.69, 9.17) is 11.6 Å². The summed E-state index contributed by atoms with van der Waals surface area (Å²) in [7, 11) is 0. The molecule has 1 aliphatic heterocycles. The predicted molar refractivity (Wildman–Crippen MR) is 80.5 cm³/mol. The number of likely N-dealkylation sites (tertiary alicyclic amines) is 1.